The first kappa shape index (κ1) is 14.9. The molecule has 0 spiro atoms. The van der Waals surface area contributed by atoms with E-state index in [1.54, 1.807) is 0 Å². The predicted molar refractivity (Wildman–Crippen MR) is 77.9 cm³/mol. The van der Waals surface area contributed by atoms with E-state index < -0.39 is 0 Å². The second kappa shape index (κ2) is 7.91. The Balaban J connectivity index is 1.81. The van der Waals surface area contributed by atoms with Gasteiger partial charge in [-0.1, -0.05) is 45.4 Å². The number of esters is 1. The van der Waals surface area contributed by atoms with Crippen molar-refractivity contribution in [2.75, 3.05) is 0 Å². The van der Waals surface area contributed by atoms with Gasteiger partial charge >= 0.3 is 5.97 Å². The van der Waals surface area contributed by atoms with E-state index in [-0.39, 0.29) is 12.1 Å². The molecule has 0 saturated heterocycles. The van der Waals surface area contributed by atoms with Crippen LogP contribution in [0.25, 0.3) is 0 Å². The average Bonchev–Trinajstić information content (AvgIpc) is 2.57. The Morgan fingerprint density at radius 2 is 1.79 bits per heavy atom. The molecule has 0 aromatic rings. The van der Waals surface area contributed by atoms with Crippen molar-refractivity contribution in [1.82, 2.24) is 0 Å². The molecule has 19 heavy (non-hydrogen) atoms. The number of fused-ring (bicyclic) bond motifs is 3. The molecule has 3 unspecified atom stereocenters. The molecule has 2 saturated carbocycles. The van der Waals surface area contributed by atoms with Crippen LogP contribution in [-0.4, -0.2) is 12.1 Å². The quantitative estimate of drug-likeness (QED) is 0.525. The molecule has 0 N–H and O–H groups in total. The molecular formula is C17H30O2. The fourth-order valence-electron chi connectivity index (χ4n) is 3.81. The number of unbranched alkanes of at least 4 members (excludes halogenated alkanes) is 2. The minimum Gasteiger partial charge on any atom is -0.462 e. The summed E-state index contributed by atoms with van der Waals surface area (Å²) in [6.45, 7) is 2.17. The van der Waals surface area contributed by atoms with Crippen LogP contribution in [0.1, 0.15) is 84.0 Å². The predicted octanol–water partition coefficient (Wildman–Crippen LogP) is 4.86. The molecule has 2 aliphatic carbocycles. The van der Waals surface area contributed by atoms with Crippen molar-refractivity contribution in [3.63, 3.8) is 0 Å². The summed E-state index contributed by atoms with van der Waals surface area (Å²) in [5, 5.41) is 0. The summed E-state index contributed by atoms with van der Waals surface area (Å²) in [4.78, 5) is 11.9. The van der Waals surface area contributed by atoms with E-state index in [2.05, 4.69) is 6.92 Å². The number of hydrogen-bond donors (Lipinski definition) is 0. The molecule has 2 rings (SSSR count). The molecule has 3 atom stereocenters. The molecular weight excluding hydrogens is 236 g/mol. The normalized spacial score (nSPS) is 31.3. The minimum atomic E-state index is 0.0554. The topological polar surface area (TPSA) is 26.3 Å². The standard InChI is InChI=1S/C17H30O2/c1-2-3-4-11-17(18)19-16-10-6-8-14-7-5-9-15(16)13-12-14/h14-16H,2-13H2,1H3. The van der Waals surface area contributed by atoms with Gasteiger partial charge in [-0.3, -0.25) is 4.79 Å². The highest BCUT2D eigenvalue weighted by Gasteiger charge is 2.30. The van der Waals surface area contributed by atoms with Crippen molar-refractivity contribution in [2.24, 2.45) is 11.8 Å². The van der Waals surface area contributed by atoms with Gasteiger partial charge < -0.3 is 4.74 Å². The smallest absolute Gasteiger partial charge is 0.306 e. The van der Waals surface area contributed by atoms with Crippen LogP contribution in [0.4, 0.5) is 0 Å². The van der Waals surface area contributed by atoms with Crippen LogP contribution in [0.3, 0.4) is 0 Å². The van der Waals surface area contributed by atoms with E-state index in [0.717, 1.165) is 25.2 Å². The third-order valence-electron chi connectivity index (χ3n) is 5.03. The van der Waals surface area contributed by atoms with E-state index in [0.29, 0.717) is 12.3 Å². The number of carbonyl (C=O) groups is 1. The van der Waals surface area contributed by atoms with Crippen molar-refractivity contribution in [2.45, 2.75) is 90.1 Å². The van der Waals surface area contributed by atoms with E-state index in [1.807, 2.05) is 0 Å². The fraction of sp³-hybridized carbons (Fsp3) is 0.941. The molecule has 0 aromatic heterocycles. The van der Waals surface area contributed by atoms with Gasteiger partial charge in [-0.2, -0.15) is 0 Å². The summed E-state index contributed by atoms with van der Waals surface area (Å²) in [5.74, 6) is 1.67. The van der Waals surface area contributed by atoms with Crippen LogP contribution in [-0.2, 0) is 9.53 Å². The third-order valence-corrected chi connectivity index (χ3v) is 5.03. The number of ether oxygens (including phenoxy) is 1. The first-order chi connectivity index (χ1) is 9.29. The molecule has 2 bridgehead atoms. The van der Waals surface area contributed by atoms with Gasteiger partial charge in [-0.15, -0.1) is 0 Å². The SMILES string of the molecule is CCCCCC(=O)OC1CCCC2CCCC1CC2. The number of hydrogen-bond acceptors (Lipinski definition) is 2. The molecule has 0 heterocycles. The molecule has 0 aliphatic heterocycles. The first-order valence-electron chi connectivity index (χ1n) is 8.49. The second-order valence-corrected chi connectivity index (χ2v) is 6.55. The average molecular weight is 266 g/mol. The van der Waals surface area contributed by atoms with E-state index in [4.69, 9.17) is 4.74 Å². The lowest BCUT2D eigenvalue weighted by Gasteiger charge is -2.28. The molecule has 2 nitrogen and oxygen atoms in total. The Kier molecular flexibility index (Phi) is 6.19. The lowest BCUT2D eigenvalue weighted by Crippen LogP contribution is -2.28. The summed E-state index contributed by atoms with van der Waals surface area (Å²) >= 11 is 0. The van der Waals surface area contributed by atoms with E-state index in [9.17, 15) is 4.79 Å². The van der Waals surface area contributed by atoms with Crippen LogP contribution in [0.5, 0.6) is 0 Å². The Bertz CT molecular complexity index is 274. The Labute approximate surface area is 118 Å². The largest absolute Gasteiger partial charge is 0.462 e. The zero-order chi connectivity index (χ0) is 13.5. The highest BCUT2D eigenvalue weighted by Crippen LogP contribution is 2.37. The van der Waals surface area contributed by atoms with Gasteiger partial charge in [-0.05, 0) is 43.9 Å². The molecule has 0 amide bonds. The van der Waals surface area contributed by atoms with Crippen LogP contribution < -0.4 is 0 Å². The van der Waals surface area contributed by atoms with Gasteiger partial charge in [0.25, 0.3) is 0 Å². The minimum absolute atomic E-state index is 0.0554. The maximum Gasteiger partial charge on any atom is 0.306 e. The molecule has 2 aliphatic rings. The van der Waals surface area contributed by atoms with Gasteiger partial charge in [0.2, 0.25) is 0 Å². The third kappa shape index (κ3) is 4.81. The highest BCUT2D eigenvalue weighted by atomic mass is 16.5. The van der Waals surface area contributed by atoms with Crippen molar-refractivity contribution in [3.05, 3.63) is 0 Å². The molecule has 110 valence electrons. The molecule has 0 aromatic carbocycles. The summed E-state index contributed by atoms with van der Waals surface area (Å²) < 4.78 is 5.82. The molecule has 0 radical (unpaired) electrons. The van der Waals surface area contributed by atoms with Crippen molar-refractivity contribution >= 4 is 5.97 Å². The van der Waals surface area contributed by atoms with Gasteiger partial charge in [0, 0.05) is 6.42 Å². The monoisotopic (exact) mass is 266 g/mol. The zero-order valence-electron chi connectivity index (χ0n) is 12.5. The summed E-state index contributed by atoms with van der Waals surface area (Å²) in [5.41, 5.74) is 0. The van der Waals surface area contributed by atoms with Crippen LogP contribution in [0, 0.1) is 11.8 Å². The van der Waals surface area contributed by atoms with Crippen LogP contribution in [0.15, 0.2) is 0 Å². The molecule has 2 fully saturated rings. The Hall–Kier alpha value is -0.530. The maximum atomic E-state index is 11.9. The summed E-state index contributed by atoms with van der Waals surface area (Å²) in [6.07, 6.45) is 14.6. The number of carbonyl (C=O) groups excluding carboxylic acids is 1. The second-order valence-electron chi connectivity index (χ2n) is 6.55. The van der Waals surface area contributed by atoms with Crippen molar-refractivity contribution in [3.8, 4) is 0 Å². The molecule has 2 heteroatoms. The Morgan fingerprint density at radius 1 is 1.00 bits per heavy atom. The lowest BCUT2D eigenvalue weighted by atomic mass is 9.85. The number of rotatable bonds is 5. The van der Waals surface area contributed by atoms with Gasteiger partial charge in [0.1, 0.15) is 6.10 Å². The van der Waals surface area contributed by atoms with Gasteiger partial charge in [-0.25, -0.2) is 0 Å². The van der Waals surface area contributed by atoms with Crippen molar-refractivity contribution < 1.29 is 9.53 Å². The van der Waals surface area contributed by atoms with Gasteiger partial charge in [0.15, 0.2) is 0 Å². The highest BCUT2D eigenvalue weighted by molar-refractivity contribution is 5.69. The van der Waals surface area contributed by atoms with Crippen LogP contribution >= 0.6 is 0 Å². The van der Waals surface area contributed by atoms with Crippen molar-refractivity contribution in [1.29, 1.82) is 0 Å². The van der Waals surface area contributed by atoms with E-state index in [1.165, 1.54) is 51.4 Å². The Morgan fingerprint density at radius 3 is 2.58 bits per heavy atom. The fourth-order valence-corrected chi connectivity index (χ4v) is 3.81. The lowest BCUT2D eigenvalue weighted by molar-refractivity contribution is -0.153. The summed E-state index contributed by atoms with van der Waals surface area (Å²) in [6, 6.07) is 0. The van der Waals surface area contributed by atoms with Gasteiger partial charge in [0.05, 0.1) is 0 Å². The first-order valence-corrected chi connectivity index (χ1v) is 8.49. The summed E-state index contributed by atoms with van der Waals surface area (Å²) in [7, 11) is 0. The van der Waals surface area contributed by atoms with Crippen LogP contribution in [0.2, 0.25) is 0 Å². The van der Waals surface area contributed by atoms with E-state index >= 15 is 0 Å². The maximum absolute atomic E-state index is 11.9. The zero-order valence-corrected chi connectivity index (χ0v) is 12.5.